The maximum Gasteiger partial charge on any atom is 0.222 e. The van der Waals surface area contributed by atoms with Gasteiger partial charge in [0.05, 0.1) is 5.52 Å². The molecule has 1 saturated heterocycles. The largest absolute Gasteiger partial charge is 0.343 e. The Morgan fingerprint density at radius 3 is 2.57 bits per heavy atom. The van der Waals surface area contributed by atoms with E-state index in [1.807, 2.05) is 24.1 Å². The van der Waals surface area contributed by atoms with E-state index in [2.05, 4.69) is 54.4 Å². The highest BCUT2D eigenvalue weighted by Crippen LogP contribution is 2.29. The van der Waals surface area contributed by atoms with Crippen LogP contribution >= 0.6 is 0 Å². The third-order valence-corrected chi connectivity index (χ3v) is 6.01. The second-order valence-electron chi connectivity index (χ2n) is 7.94. The summed E-state index contributed by atoms with van der Waals surface area (Å²) in [6, 6.07) is 17.5. The van der Waals surface area contributed by atoms with Gasteiger partial charge in [-0.25, -0.2) is 0 Å². The van der Waals surface area contributed by atoms with Gasteiger partial charge in [-0.05, 0) is 72.6 Å². The van der Waals surface area contributed by atoms with Crippen molar-refractivity contribution < 1.29 is 4.79 Å². The molecule has 4 rings (SSSR count). The number of hydrogen-bond donors (Lipinski definition) is 0. The molecule has 0 atom stereocenters. The number of amides is 1. The zero-order chi connectivity index (χ0) is 19.5. The van der Waals surface area contributed by atoms with Gasteiger partial charge < -0.3 is 4.90 Å². The first-order valence-electron chi connectivity index (χ1n) is 10.4. The highest BCUT2D eigenvalue weighted by atomic mass is 16.2. The Kier molecular flexibility index (Phi) is 5.43. The lowest BCUT2D eigenvalue weighted by Crippen LogP contribution is -2.38. The van der Waals surface area contributed by atoms with Crippen LogP contribution in [0.1, 0.15) is 37.3 Å². The summed E-state index contributed by atoms with van der Waals surface area (Å²) in [5.74, 6) is 0.974. The van der Waals surface area contributed by atoms with Crippen molar-refractivity contribution in [2.45, 2.75) is 39.5 Å². The lowest BCUT2D eigenvalue weighted by molar-refractivity contribution is -0.132. The normalized spacial score (nSPS) is 15.1. The molecule has 1 aliphatic heterocycles. The standard InChI is InChI=1S/C25H28N2O/c1-3-25(28)27-13-10-20(11-14-27)16-19-6-8-21(9-7-19)23-17-24-22(15-18(23)2)5-4-12-26-24/h4-9,12,15,17,20H,3,10-11,13-14,16H2,1-2H3. The molecule has 1 amide bonds. The van der Waals surface area contributed by atoms with E-state index in [1.165, 1.54) is 27.6 Å². The predicted octanol–water partition coefficient (Wildman–Crippen LogP) is 5.40. The monoisotopic (exact) mass is 372 g/mol. The first-order chi connectivity index (χ1) is 13.6. The highest BCUT2D eigenvalue weighted by molar-refractivity contribution is 5.86. The molecule has 3 heteroatoms. The van der Waals surface area contributed by atoms with Crippen molar-refractivity contribution in [1.29, 1.82) is 0 Å². The molecule has 0 radical (unpaired) electrons. The molecule has 2 aromatic carbocycles. The summed E-state index contributed by atoms with van der Waals surface area (Å²) in [7, 11) is 0. The molecule has 28 heavy (non-hydrogen) atoms. The number of nitrogens with zero attached hydrogens (tertiary/aromatic N) is 2. The second-order valence-corrected chi connectivity index (χ2v) is 7.94. The van der Waals surface area contributed by atoms with Crippen LogP contribution in [0.25, 0.3) is 22.0 Å². The van der Waals surface area contributed by atoms with E-state index in [0.717, 1.165) is 37.9 Å². The van der Waals surface area contributed by atoms with E-state index in [9.17, 15) is 4.79 Å². The van der Waals surface area contributed by atoms with E-state index in [-0.39, 0.29) is 0 Å². The van der Waals surface area contributed by atoms with E-state index >= 15 is 0 Å². The Morgan fingerprint density at radius 1 is 1.11 bits per heavy atom. The molecule has 1 fully saturated rings. The third kappa shape index (κ3) is 3.94. The summed E-state index contributed by atoms with van der Waals surface area (Å²) in [6.45, 7) is 5.95. The summed E-state index contributed by atoms with van der Waals surface area (Å²) in [4.78, 5) is 18.4. The molecule has 2 heterocycles. The average molecular weight is 373 g/mol. The Balaban J connectivity index is 1.45. The van der Waals surface area contributed by atoms with Crippen LogP contribution in [0.4, 0.5) is 0 Å². The number of rotatable bonds is 4. The molecule has 0 N–H and O–H groups in total. The molecule has 0 aliphatic carbocycles. The first kappa shape index (κ1) is 18.7. The van der Waals surface area contributed by atoms with Gasteiger partial charge in [-0.2, -0.15) is 0 Å². The number of fused-ring (bicyclic) bond motifs is 1. The van der Waals surface area contributed by atoms with Gasteiger partial charge in [0.2, 0.25) is 5.91 Å². The summed E-state index contributed by atoms with van der Waals surface area (Å²) < 4.78 is 0. The number of aromatic nitrogens is 1. The van der Waals surface area contributed by atoms with Gasteiger partial charge in [-0.3, -0.25) is 9.78 Å². The van der Waals surface area contributed by atoms with Crippen LogP contribution in [-0.4, -0.2) is 28.9 Å². The van der Waals surface area contributed by atoms with Crippen LogP contribution in [0.2, 0.25) is 0 Å². The molecule has 0 spiro atoms. The molecule has 144 valence electrons. The fourth-order valence-corrected chi connectivity index (χ4v) is 4.31. The zero-order valence-electron chi connectivity index (χ0n) is 16.8. The van der Waals surface area contributed by atoms with Gasteiger partial charge in [0.15, 0.2) is 0 Å². The number of hydrogen-bond acceptors (Lipinski definition) is 2. The van der Waals surface area contributed by atoms with Crippen molar-refractivity contribution in [3.8, 4) is 11.1 Å². The van der Waals surface area contributed by atoms with Gasteiger partial charge in [-0.15, -0.1) is 0 Å². The minimum absolute atomic E-state index is 0.294. The maximum absolute atomic E-state index is 11.8. The third-order valence-electron chi connectivity index (χ3n) is 6.01. The van der Waals surface area contributed by atoms with Crippen molar-refractivity contribution >= 4 is 16.8 Å². The number of carbonyl (C=O) groups is 1. The molecule has 1 aliphatic rings. The molecule has 0 bridgehead atoms. The van der Waals surface area contributed by atoms with Crippen molar-refractivity contribution in [1.82, 2.24) is 9.88 Å². The Morgan fingerprint density at radius 2 is 1.86 bits per heavy atom. The van der Waals surface area contributed by atoms with E-state index in [4.69, 9.17) is 0 Å². The van der Waals surface area contributed by atoms with Crippen molar-refractivity contribution in [2.75, 3.05) is 13.1 Å². The smallest absolute Gasteiger partial charge is 0.222 e. The number of carbonyl (C=O) groups excluding carboxylic acids is 1. The minimum Gasteiger partial charge on any atom is -0.343 e. The number of aryl methyl sites for hydroxylation is 1. The minimum atomic E-state index is 0.294. The van der Waals surface area contributed by atoms with Crippen molar-refractivity contribution in [3.63, 3.8) is 0 Å². The lowest BCUT2D eigenvalue weighted by Gasteiger charge is -2.32. The summed E-state index contributed by atoms with van der Waals surface area (Å²) in [5.41, 5.74) is 6.21. The average Bonchev–Trinajstić information content (AvgIpc) is 2.74. The summed E-state index contributed by atoms with van der Waals surface area (Å²) in [6.07, 6.45) is 5.80. The van der Waals surface area contributed by atoms with Crippen LogP contribution in [0.5, 0.6) is 0 Å². The fraction of sp³-hybridized carbons (Fsp3) is 0.360. The van der Waals surface area contributed by atoms with E-state index in [0.29, 0.717) is 18.2 Å². The van der Waals surface area contributed by atoms with Gasteiger partial charge in [0, 0.05) is 31.1 Å². The zero-order valence-corrected chi connectivity index (χ0v) is 16.8. The fourth-order valence-electron chi connectivity index (χ4n) is 4.31. The topological polar surface area (TPSA) is 33.2 Å². The van der Waals surface area contributed by atoms with Crippen LogP contribution in [0.15, 0.2) is 54.7 Å². The number of benzene rings is 2. The predicted molar refractivity (Wildman–Crippen MR) is 115 cm³/mol. The van der Waals surface area contributed by atoms with Crippen LogP contribution in [0.3, 0.4) is 0 Å². The molecule has 0 unspecified atom stereocenters. The van der Waals surface area contributed by atoms with Gasteiger partial charge in [-0.1, -0.05) is 37.3 Å². The Bertz CT molecular complexity index is 970. The van der Waals surface area contributed by atoms with E-state index < -0.39 is 0 Å². The number of piperidine rings is 1. The van der Waals surface area contributed by atoms with Crippen molar-refractivity contribution in [3.05, 3.63) is 65.9 Å². The number of pyridine rings is 1. The van der Waals surface area contributed by atoms with E-state index in [1.54, 1.807) is 0 Å². The van der Waals surface area contributed by atoms with Gasteiger partial charge in [0.25, 0.3) is 0 Å². The van der Waals surface area contributed by atoms with Crippen LogP contribution in [-0.2, 0) is 11.2 Å². The number of likely N-dealkylation sites (tertiary alicyclic amines) is 1. The molecule has 0 saturated carbocycles. The highest BCUT2D eigenvalue weighted by Gasteiger charge is 2.21. The van der Waals surface area contributed by atoms with Crippen LogP contribution < -0.4 is 0 Å². The first-order valence-corrected chi connectivity index (χ1v) is 10.4. The molecular weight excluding hydrogens is 344 g/mol. The van der Waals surface area contributed by atoms with Gasteiger partial charge >= 0.3 is 0 Å². The lowest BCUT2D eigenvalue weighted by atomic mass is 9.89. The Hall–Kier alpha value is -2.68. The quantitative estimate of drug-likeness (QED) is 0.614. The molecule has 1 aromatic heterocycles. The van der Waals surface area contributed by atoms with Gasteiger partial charge in [0.1, 0.15) is 0 Å². The second kappa shape index (κ2) is 8.14. The Labute approximate surface area is 167 Å². The summed E-state index contributed by atoms with van der Waals surface area (Å²) in [5, 5.41) is 1.19. The SMILES string of the molecule is CCC(=O)N1CCC(Cc2ccc(-c3cc4ncccc4cc3C)cc2)CC1. The maximum atomic E-state index is 11.8. The molecule has 3 nitrogen and oxygen atoms in total. The molecular formula is C25H28N2O. The van der Waals surface area contributed by atoms with Crippen LogP contribution in [0, 0.1) is 12.8 Å². The molecule has 3 aromatic rings. The van der Waals surface area contributed by atoms with Crippen molar-refractivity contribution in [2.24, 2.45) is 5.92 Å². The summed E-state index contributed by atoms with van der Waals surface area (Å²) >= 11 is 0.